The molecule has 8 rings (SSSR count). The Hall–Kier alpha value is -4.54. The Balaban J connectivity index is 0.000000164. The van der Waals surface area contributed by atoms with Gasteiger partial charge in [-0.15, -0.1) is 0 Å². The summed E-state index contributed by atoms with van der Waals surface area (Å²) in [6.45, 7) is 27.0. The fourth-order valence-electron chi connectivity index (χ4n) is 6.27. The van der Waals surface area contributed by atoms with Crippen LogP contribution in [-0.2, 0) is 28.1 Å². The number of carbonyl (C=O) groups is 2. The summed E-state index contributed by atoms with van der Waals surface area (Å²) < 4.78 is 38.9. The highest BCUT2D eigenvalue weighted by Gasteiger charge is 2.53. The van der Waals surface area contributed by atoms with Gasteiger partial charge in [-0.3, -0.25) is 5.10 Å². The Labute approximate surface area is 360 Å². The molecule has 17 heteroatoms. The lowest BCUT2D eigenvalue weighted by molar-refractivity contribution is 0.00578. The van der Waals surface area contributed by atoms with Gasteiger partial charge in [0.15, 0.2) is 0 Å². The van der Waals surface area contributed by atoms with Crippen LogP contribution in [0.2, 0.25) is 0 Å². The van der Waals surface area contributed by atoms with E-state index in [9.17, 15) is 9.59 Å². The molecule has 6 aromatic rings. The van der Waals surface area contributed by atoms with Crippen LogP contribution >= 0.6 is 15.9 Å². The first kappa shape index (κ1) is 45.0. The van der Waals surface area contributed by atoms with E-state index in [1.807, 2.05) is 152 Å². The molecule has 0 unspecified atom stereocenters. The van der Waals surface area contributed by atoms with Crippen LogP contribution < -0.4 is 10.9 Å². The number of aromatic amines is 1. The van der Waals surface area contributed by atoms with Gasteiger partial charge in [0.1, 0.15) is 11.2 Å². The number of benzene rings is 3. The number of hydrogen-bond acceptors (Lipinski definition) is 11. The maximum atomic E-state index is 12.4. The van der Waals surface area contributed by atoms with Crippen molar-refractivity contribution in [2.24, 2.45) is 0 Å². The van der Waals surface area contributed by atoms with E-state index in [4.69, 9.17) is 28.1 Å². The van der Waals surface area contributed by atoms with E-state index in [0.29, 0.717) is 11.0 Å². The summed E-state index contributed by atoms with van der Waals surface area (Å²) in [5, 5.41) is 18.1. The van der Waals surface area contributed by atoms with Crippen molar-refractivity contribution in [2.75, 3.05) is 0 Å². The molecule has 2 aliphatic rings. The van der Waals surface area contributed by atoms with E-state index in [1.54, 1.807) is 18.6 Å². The molecular formula is C43H55B2BrN6O8. The van der Waals surface area contributed by atoms with E-state index < -0.39 is 60.0 Å². The van der Waals surface area contributed by atoms with Gasteiger partial charge in [0.25, 0.3) is 0 Å². The largest absolute Gasteiger partial charge is 0.495 e. The Kier molecular flexibility index (Phi) is 12.0. The average molecular weight is 885 g/mol. The van der Waals surface area contributed by atoms with Gasteiger partial charge in [0, 0.05) is 26.8 Å². The molecule has 318 valence electrons. The number of rotatable bonds is 2. The molecule has 0 bridgehead atoms. The Morgan fingerprint density at radius 1 is 0.667 bits per heavy atom. The Morgan fingerprint density at radius 3 is 1.70 bits per heavy atom. The topological polar surface area (TPSA) is 154 Å². The van der Waals surface area contributed by atoms with Crippen molar-refractivity contribution in [3.05, 3.63) is 77.7 Å². The van der Waals surface area contributed by atoms with E-state index in [0.717, 1.165) is 37.1 Å². The second kappa shape index (κ2) is 16.1. The third-order valence-corrected chi connectivity index (χ3v) is 11.5. The number of nitrogens with one attached hydrogen (secondary N) is 1. The molecule has 5 heterocycles. The normalized spacial score (nSPS) is 17.9. The number of H-pyrrole nitrogens is 1. The molecule has 60 heavy (non-hydrogen) atoms. The molecule has 14 nitrogen and oxygen atoms in total. The minimum Gasteiger partial charge on any atom is -0.442 e. The van der Waals surface area contributed by atoms with E-state index in [-0.39, 0.29) is 0 Å². The number of ether oxygens (including phenoxy) is 2. The zero-order valence-electron chi connectivity index (χ0n) is 37.0. The van der Waals surface area contributed by atoms with Crippen molar-refractivity contribution in [2.45, 2.75) is 131 Å². The van der Waals surface area contributed by atoms with Crippen molar-refractivity contribution in [3.63, 3.8) is 0 Å². The standard InChI is InChI=1S/2C18H25BN2O4.C7H5BrN2/c1-16(2,3)23-15(22)21-11-12-13(9-8-10-14(12)20-21)19-24-17(4,5)18(6,7)25-19;1-16(2,3)23-15(22)21-14-10-8-9-13(12(14)11-20-21)19-24-17(4,5)18(6,7)25-19;8-6-2-1-3-7-5(6)4-9-10-7/h2*8-11H,1-7H3;1-4H,(H,9,10). The lowest BCUT2D eigenvalue weighted by Gasteiger charge is -2.32. The molecule has 0 atom stereocenters. The van der Waals surface area contributed by atoms with Gasteiger partial charge in [0.2, 0.25) is 0 Å². The fourth-order valence-corrected chi connectivity index (χ4v) is 6.74. The maximum Gasteiger partial charge on any atom is 0.495 e. The molecule has 0 spiro atoms. The zero-order chi connectivity index (χ0) is 44.2. The predicted octanol–water partition coefficient (Wildman–Crippen LogP) is 8.56. The van der Waals surface area contributed by atoms with Gasteiger partial charge in [-0.1, -0.05) is 46.3 Å². The number of hydrogen-bond donors (Lipinski definition) is 1. The number of halogens is 1. The smallest absolute Gasteiger partial charge is 0.442 e. The number of nitrogens with zero attached hydrogens (tertiary/aromatic N) is 5. The molecule has 3 aromatic carbocycles. The molecule has 2 saturated heterocycles. The van der Waals surface area contributed by atoms with Crippen molar-refractivity contribution >= 4 is 86.0 Å². The molecule has 0 amide bonds. The summed E-state index contributed by atoms with van der Waals surface area (Å²) in [4.78, 5) is 24.7. The van der Waals surface area contributed by atoms with Gasteiger partial charge in [-0.05, 0) is 132 Å². The Bertz CT molecular complexity index is 2450. The van der Waals surface area contributed by atoms with E-state index >= 15 is 0 Å². The minimum atomic E-state index is -0.585. The van der Waals surface area contributed by atoms with E-state index in [1.165, 1.54) is 9.36 Å². The summed E-state index contributed by atoms with van der Waals surface area (Å²) in [6.07, 6.45) is 4.11. The van der Waals surface area contributed by atoms with Crippen LogP contribution in [0.15, 0.2) is 77.7 Å². The van der Waals surface area contributed by atoms with Gasteiger partial charge in [0.05, 0.1) is 51.3 Å². The third-order valence-electron chi connectivity index (χ3n) is 10.8. The SMILES string of the molecule is Brc1cccc2[nH]ncc12.CC(C)(C)OC(=O)n1cc2c(B3OC(C)(C)C(C)(C)O3)cccc2n1.CC(C)(C)OC(=O)n1ncc2c(B3OC(C)(C)C(C)(C)O3)cccc21. The molecule has 2 fully saturated rings. The second-order valence-corrected chi connectivity index (χ2v) is 19.8. The highest BCUT2D eigenvalue weighted by molar-refractivity contribution is 9.10. The molecule has 2 aliphatic heterocycles. The molecule has 0 saturated carbocycles. The van der Waals surface area contributed by atoms with Gasteiger partial charge < -0.3 is 28.1 Å². The first-order valence-corrected chi connectivity index (χ1v) is 20.7. The molecule has 0 radical (unpaired) electrons. The van der Waals surface area contributed by atoms with Crippen molar-refractivity contribution in [1.29, 1.82) is 0 Å². The number of fused-ring (bicyclic) bond motifs is 3. The maximum absolute atomic E-state index is 12.4. The number of aromatic nitrogens is 6. The van der Waals surface area contributed by atoms with Crippen molar-refractivity contribution in [1.82, 2.24) is 29.8 Å². The first-order valence-electron chi connectivity index (χ1n) is 19.9. The third kappa shape index (κ3) is 9.50. The lowest BCUT2D eigenvalue weighted by Crippen LogP contribution is -2.41. The summed E-state index contributed by atoms with van der Waals surface area (Å²) in [6, 6.07) is 17.3. The van der Waals surface area contributed by atoms with Gasteiger partial charge in [-0.25, -0.2) is 9.59 Å². The summed E-state index contributed by atoms with van der Waals surface area (Å²) >= 11 is 3.42. The molecule has 3 aromatic heterocycles. The average Bonchev–Trinajstić information content (AvgIpc) is 3.93. The van der Waals surface area contributed by atoms with E-state index in [2.05, 4.69) is 36.3 Å². The van der Waals surface area contributed by atoms with Crippen LogP contribution in [-0.4, -0.2) is 89.8 Å². The highest BCUT2D eigenvalue weighted by atomic mass is 79.9. The fraction of sp³-hybridized carbons (Fsp3) is 0.465. The quantitative estimate of drug-likeness (QED) is 0.166. The van der Waals surface area contributed by atoms with Crippen molar-refractivity contribution in [3.8, 4) is 0 Å². The van der Waals surface area contributed by atoms with Gasteiger partial charge in [-0.2, -0.15) is 24.7 Å². The van der Waals surface area contributed by atoms with Crippen LogP contribution in [0, 0.1) is 0 Å². The highest BCUT2D eigenvalue weighted by Crippen LogP contribution is 2.38. The van der Waals surface area contributed by atoms with Crippen LogP contribution in [0.4, 0.5) is 9.59 Å². The molecule has 0 aliphatic carbocycles. The second-order valence-electron chi connectivity index (χ2n) is 18.9. The lowest BCUT2D eigenvalue weighted by atomic mass is 9.77. The summed E-state index contributed by atoms with van der Waals surface area (Å²) in [5.74, 6) is 0. The predicted molar refractivity (Wildman–Crippen MR) is 238 cm³/mol. The monoisotopic (exact) mass is 884 g/mol. The van der Waals surface area contributed by atoms with Crippen LogP contribution in [0.3, 0.4) is 0 Å². The van der Waals surface area contributed by atoms with Crippen LogP contribution in [0.1, 0.15) is 96.9 Å². The van der Waals surface area contributed by atoms with Crippen LogP contribution in [0.25, 0.3) is 32.7 Å². The summed E-state index contributed by atoms with van der Waals surface area (Å²) in [7, 11) is -1.02. The molecular weight excluding hydrogens is 830 g/mol. The van der Waals surface area contributed by atoms with Crippen molar-refractivity contribution < 1.29 is 37.7 Å². The zero-order valence-corrected chi connectivity index (χ0v) is 38.5. The van der Waals surface area contributed by atoms with Crippen LogP contribution in [0.5, 0.6) is 0 Å². The van der Waals surface area contributed by atoms with Gasteiger partial charge >= 0.3 is 26.4 Å². The first-order chi connectivity index (χ1) is 27.7. The summed E-state index contributed by atoms with van der Waals surface area (Å²) in [5.41, 5.74) is 1.25. The Morgan fingerprint density at radius 2 is 1.17 bits per heavy atom. The number of carbonyl (C=O) groups excluding carboxylic acids is 2. The molecule has 1 N–H and O–H groups in total. The minimum absolute atomic E-state index is 0.430.